The molecule has 0 aromatic heterocycles. The van der Waals surface area contributed by atoms with Crippen LogP contribution in [0, 0.1) is 0 Å². The average Bonchev–Trinajstić information content (AvgIpc) is 2.75. The zero-order chi connectivity index (χ0) is 13.2. The summed E-state index contributed by atoms with van der Waals surface area (Å²) in [6, 6.07) is 5.02. The van der Waals surface area contributed by atoms with Crippen LogP contribution in [-0.4, -0.2) is 31.6 Å². The molecule has 1 saturated heterocycles. The van der Waals surface area contributed by atoms with Crippen molar-refractivity contribution in [2.75, 3.05) is 20.2 Å². The van der Waals surface area contributed by atoms with Gasteiger partial charge in [0.25, 0.3) is 5.91 Å². The Morgan fingerprint density at radius 2 is 2.33 bits per heavy atom. The van der Waals surface area contributed by atoms with Crippen LogP contribution < -0.4 is 15.4 Å². The van der Waals surface area contributed by atoms with Gasteiger partial charge in [-0.3, -0.25) is 4.79 Å². The number of hydrogen-bond donors (Lipinski definition) is 2. The number of nitrogens with one attached hydrogen (secondary N) is 2. The Hall–Kier alpha value is -1.26. The van der Waals surface area contributed by atoms with Gasteiger partial charge in [-0.25, -0.2) is 0 Å². The Morgan fingerprint density at radius 3 is 2.94 bits per heavy atom. The molecule has 1 aromatic carbocycles. The molecule has 5 heteroatoms. The molecule has 1 amide bonds. The minimum Gasteiger partial charge on any atom is -0.496 e. The zero-order valence-electron chi connectivity index (χ0n) is 10.5. The fraction of sp³-hybridized carbons (Fsp3) is 0.462. The third-order valence-electron chi connectivity index (χ3n) is 3.19. The summed E-state index contributed by atoms with van der Waals surface area (Å²) < 4.78 is 5.18. The first-order chi connectivity index (χ1) is 8.54. The molecule has 0 spiro atoms. The number of benzene rings is 1. The lowest BCUT2D eigenvalue weighted by Gasteiger charge is -2.24. The molecular weight excluding hydrogens is 252 g/mol. The van der Waals surface area contributed by atoms with Gasteiger partial charge in [0.15, 0.2) is 0 Å². The van der Waals surface area contributed by atoms with Gasteiger partial charge in [-0.05, 0) is 38.1 Å². The normalized spacial score (nSPS) is 22.8. The molecule has 1 fully saturated rings. The number of ether oxygens (including phenoxy) is 1. The van der Waals surface area contributed by atoms with Crippen molar-refractivity contribution in [3.05, 3.63) is 28.8 Å². The molecule has 1 aromatic rings. The molecule has 2 N–H and O–H groups in total. The standard InChI is InChI=1S/C13H17ClN2O2/c1-13(5-6-15-8-13)16-12(17)10-4-3-9(14)7-11(10)18-2/h3-4,7,15H,5-6,8H2,1-2H3,(H,16,17). The molecule has 1 atom stereocenters. The van der Waals surface area contributed by atoms with E-state index in [4.69, 9.17) is 16.3 Å². The highest BCUT2D eigenvalue weighted by Gasteiger charge is 2.31. The number of methoxy groups -OCH3 is 1. The second-order valence-electron chi connectivity index (χ2n) is 4.79. The second-order valence-corrected chi connectivity index (χ2v) is 5.22. The zero-order valence-corrected chi connectivity index (χ0v) is 11.3. The maximum atomic E-state index is 12.2. The van der Waals surface area contributed by atoms with Crippen LogP contribution in [0.3, 0.4) is 0 Å². The molecule has 2 rings (SSSR count). The van der Waals surface area contributed by atoms with E-state index in [-0.39, 0.29) is 11.4 Å². The molecule has 0 bridgehead atoms. The minimum absolute atomic E-state index is 0.130. The number of rotatable bonds is 3. The van der Waals surface area contributed by atoms with Gasteiger partial charge in [0.1, 0.15) is 5.75 Å². The summed E-state index contributed by atoms with van der Waals surface area (Å²) in [5.41, 5.74) is 0.317. The summed E-state index contributed by atoms with van der Waals surface area (Å²) in [5.74, 6) is 0.365. The van der Waals surface area contributed by atoms with Crippen LogP contribution in [0.2, 0.25) is 5.02 Å². The molecule has 0 aliphatic carbocycles. The van der Waals surface area contributed by atoms with E-state index in [1.807, 2.05) is 6.92 Å². The van der Waals surface area contributed by atoms with Crippen LogP contribution in [0.15, 0.2) is 18.2 Å². The minimum atomic E-state index is -0.193. The molecule has 1 aliphatic rings. The summed E-state index contributed by atoms with van der Waals surface area (Å²) in [6.07, 6.45) is 0.925. The van der Waals surface area contributed by atoms with Gasteiger partial charge in [0.2, 0.25) is 0 Å². The van der Waals surface area contributed by atoms with Crippen molar-refractivity contribution in [3.8, 4) is 5.75 Å². The van der Waals surface area contributed by atoms with E-state index in [0.717, 1.165) is 19.5 Å². The molecule has 1 unspecified atom stereocenters. The summed E-state index contributed by atoms with van der Waals surface area (Å²) in [7, 11) is 1.53. The van der Waals surface area contributed by atoms with E-state index >= 15 is 0 Å². The lowest BCUT2D eigenvalue weighted by Crippen LogP contribution is -2.47. The van der Waals surface area contributed by atoms with E-state index in [0.29, 0.717) is 16.3 Å². The molecule has 18 heavy (non-hydrogen) atoms. The second kappa shape index (κ2) is 5.16. The van der Waals surface area contributed by atoms with Gasteiger partial charge >= 0.3 is 0 Å². The highest BCUT2D eigenvalue weighted by molar-refractivity contribution is 6.30. The van der Waals surface area contributed by atoms with Crippen LogP contribution in [-0.2, 0) is 0 Å². The molecule has 98 valence electrons. The topological polar surface area (TPSA) is 50.4 Å². The SMILES string of the molecule is COc1cc(Cl)ccc1C(=O)NC1(C)CCNC1. The number of hydrogen-bond acceptors (Lipinski definition) is 3. The third kappa shape index (κ3) is 2.76. The molecular formula is C13H17ClN2O2. The number of halogens is 1. The first-order valence-corrected chi connectivity index (χ1v) is 6.29. The third-order valence-corrected chi connectivity index (χ3v) is 3.43. The predicted octanol–water partition coefficient (Wildman–Crippen LogP) is 1.83. The Labute approximate surface area is 112 Å². The lowest BCUT2D eigenvalue weighted by molar-refractivity contribution is 0.0910. The summed E-state index contributed by atoms with van der Waals surface area (Å²) in [5, 5.41) is 6.83. The van der Waals surface area contributed by atoms with E-state index in [2.05, 4.69) is 10.6 Å². The van der Waals surface area contributed by atoms with Gasteiger partial charge < -0.3 is 15.4 Å². The highest BCUT2D eigenvalue weighted by atomic mass is 35.5. The van der Waals surface area contributed by atoms with Gasteiger partial charge in [-0.2, -0.15) is 0 Å². The number of amides is 1. The van der Waals surface area contributed by atoms with Gasteiger partial charge in [-0.15, -0.1) is 0 Å². The predicted molar refractivity (Wildman–Crippen MR) is 71.4 cm³/mol. The van der Waals surface area contributed by atoms with Crippen LogP contribution >= 0.6 is 11.6 Å². The van der Waals surface area contributed by atoms with Crippen LogP contribution in [0.4, 0.5) is 0 Å². The van der Waals surface area contributed by atoms with Crippen LogP contribution in [0.1, 0.15) is 23.7 Å². The van der Waals surface area contributed by atoms with Crippen molar-refractivity contribution in [3.63, 3.8) is 0 Å². The average molecular weight is 269 g/mol. The summed E-state index contributed by atoms with van der Waals surface area (Å²) in [6.45, 7) is 3.75. The summed E-state index contributed by atoms with van der Waals surface area (Å²) in [4.78, 5) is 12.2. The smallest absolute Gasteiger partial charge is 0.255 e. The lowest BCUT2D eigenvalue weighted by atomic mass is 10.0. The van der Waals surface area contributed by atoms with Crippen molar-refractivity contribution >= 4 is 17.5 Å². The quantitative estimate of drug-likeness (QED) is 0.879. The van der Waals surface area contributed by atoms with Crippen LogP contribution in [0.5, 0.6) is 5.75 Å². The van der Waals surface area contributed by atoms with Gasteiger partial charge in [-0.1, -0.05) is 11.6 Å². The van der Waals surface area contributed by atoms with Crippen molar-refractivity contribution in [1.82, 2.24) is 10.6 Å². The Balaban J connectivity index is 2.18. The molecule has 4 nitrogen and oxygen atoms in total. The highest BCUT2D eigenvalue weighted by Crippen LogP contribution is 2.24. The monoisotopic (exact) mass is 268 g/mol. The molecule has 1 heterocycles. The Morgan fingerprint density at radius 1 is 1.56 bits per heavy atom. The molecule has 1 aliphatic heterocycles. The van der Waals surface area contributed by atoms with E-state index in [9.17, 15) is 4.79 Å². The fourth-order valence-electron chi connectivity index (χ4n) is 2.12. The van der Waals surface area contributed by atoms with Crippen molar-refractivity contribution in [1.29, 1.82) is 0 Å². The molecule has 0 saturated carbocycles. The number of carbonyl (C=O) groups is 1. The first kappa shape index (κ1) is 13.2. The number of carbonyl (C=O) groups excluding carboxylic acids is 1. The Kier molecular flexibility index (Phi) is 3.78. The van der Waals surface area contributed by atoms with E-state index in [1.54, 1.807) is 18.2 Å². The maximum Gasteiger partial charge on any atom is 0.255 e. The van der Waals surface area contributed by atoms with E-state index < -0.39 is 0 Å². The maximum absolute atomic E-state index is 12.2. The fourth-order valence-corrected chi connectivity index (χ4v) is 2.28. The van der Waals surface area contributed by atoms with Gasteiger partial charge in [0, 0.05) is 11.6 Å². The summed E-state index contributed by atoms with van der Waals surface area (Å²) >= 11 is 5.88. The molecule has 0 radical (unpaired) electrons. The van der Waals surface area contributed by atoms with E-state index in [1.165, 1.54) is 7.11 Å². The largest absolute Gasteiger partial charge is 0.496 e. The van der Waals surface area contributed by atoms with Gasteiger partial charge in [0.05, 0.1) is 18.2 Å². The first-order valence-electron chi connectivity index (χ1n) is 5.91. The van der Waals surface area contributed by atoms with Crippen molar-refractivity contribution in [2.45, 2.75) is 18.9 Å². The van der Waals surface area contributed by atoms with Crippen molar-refractivity contribution in [2.24, 2.45) is 0 Å². The Bertz CT molecular complexity index is 456. The van der Waals surface area contributed by atoms with Crippen LogP contribution in [0.25, 0.3) is 0 Å². The van der Waals surface area contributed by atoms with Crippen molar-refractivity contribution < 1.29 is 9.53 Å².